The summed E-state index contributed by atoms with van der Waals surface area (Å²) in [6.07, 6.45) is 1.97. The second-order valence-electron chi connectivity index (χ2n) is 6.49. The highest BCUT2D eigenvalue weighted by atomic mass is 16.2. The Bertz CT molecular complexity index is 873. The molecule has 128 valence electrons. The zero-order valence-corrected chi connectivity index (χ0v) is 14.2. The molecule has 0 aliphatic carbocycles. The van der Waals surface area contributed by atoms with Crippen LogP contribution in [0.3, 0.4) is 0 Å². The molecule has 0 saturated carbocycles. The van der Waals surface area contributed by atoms with E-state index >= 15 is 0 Å². The molecule has 0 N–H and O–H groups in total. The number of nitrogens with zero attached hydrogens (tertiary/aromatic N) is 3. The minimum atomic E-state index is -0.630. The van der Waals surface area contributed by atoms with Crippen molar-refractivity contribution in [1.29, 1.82) is 0 Å². The van der Waals surface area contributed by atoms with Gasteiger partial charge < -0.3 is 9.47 Å². The monoisotopic (exact) mass is 329 g/mol. The molecule has 1 amide bonds. The maximum atomic E-state index is 12.6. The molecule has 1 fully saturated rings. The summed E-state index contributed by atoms with van der Waals surface area (Å²) in [7, 11) is 0. The number of rotatable bonds is 3. The van der Waals surface area contributed by atoms with Crippen LogP contribution in [0.5, 0.6) is 0 Å². The Kier molecular flexibility index (Phi) is 4.55. The van der Waals surface area contributed by atoms with Crippen LogP contribution in [0.25, 0.3) is 11.0 Å². The van der Waals surface area contributed by atoms with Gasteiger partial charge in [-0.3, -0.25) is 19.0 Å². The topological polar surface area (TPSA) is 64.3 Å². The molecule has 24 heavy (non-hydrogen) atoms. The van der Waals surface area contributed by atoms with Gasteiger partial charge in [0.05, 0.1) is 11.0 Å². The number of carbonyl (C=O) groups excluding carboxylic acids is 1. The van der Waals surface area contributed by atoms with Crippen molar-refractivity contribution in [3.63, 3.8) is 0 Å². The Morgan fingerprint density at radius 3 is 2.17 bits per heavy atom. The fourth-order valence-electron chi connectivity index (χ4n) is 3.33. The van der Waals surface area contributed by atoms with E-state index in [0.717, 1.165) is 25.9 Å². The normalized spacial score (nSPS) is 15.8. The summed E-state index contributed by atoms with van der Waals surface area (Å²) in [5.74, 6) is 0.536. The Morgan fingerprint density at radius 1 is 1.04 bits per heavy atom. The third kappa shape index (κ3) is 2.88. The lowest BCUT2D eigenvalue weighted by atomic mass is 9.99. The number of carbonyl (C=O) groups is 1. The van der Waals surface area contributed by atoms with Crippen molar-refractivity contribution in [3.8, 4) is 0 Å². The van der Waals surface area contributed by atoms with Crippen LogP contribution in [0, 0.1) is 5.92 Å². The zero-order valence-electron chi connectivity index (χ0n) is 14.2. The summed E-state index contributed by atoms with van der Waals surface area (Å²) in [4.78, 5) is 39.2. The second kappa shape index (κ2) is 6.63. The number of hydrogen-bond donors (Lipinski definition) is 0. The molecule has 1 aliphatic rings. The number of benzene rings is 1. The average Bonchev–Trinajstić information content (AvgIpc) is 2.60. The van der Waals surface area contributed by atoms with Gasteiger partial charge in [-0.2, -0.15) is 0 Å². The number of hydrogen-bond acceptors (Lipinski definition) is 3. The van der Waals surface area contributed by atoms with E-state index in [9.17, 15) is 14.4 Å². The molecule has 0 unspecified atom stereocenters. The van der Waals surface area contributed by atoms with Crippen molar-refractivity contribution in [2.75, 3.05) is 13.1 Å². The Balaban J connectivity index is 2.01. The molecule has 1 aliphatic heterocycles. The number of fused-ring (bicyclic) bond motifs is 1. The van der Waals surface area contributed by atoms with Crippen molar-refractivity contribution in [1.82, 2.24) is 14.0 Å². The molecule has 2 heterocycles. The zero-order chi connectivity index (χ0) is 17.3. The van der Waals surface area contributed by atoms with Gasteiger partial charge in [0, 0.05) is 19.6 Å². The van der Waals surface area contributed by atoms with Crippen molar-refractivity contribution >= 4 is 16.9 Å². The van der Waals surface area contributed by atoms with E-state index in [-0.39, 0.29) is 12.5 Å². The summed E-state index contributed by atoms with van der Waals surface area (Å²) < 4.78 is 2.78. The van der Waals surface area contributed by atoms with Gasteiger partial charge in [0.25, 0.3) is 0 Å². The molecule has 3 rings (SSSR count). The van der Waals surface area contributed by atoms with Gasteiger partial charge in [-0.1, -0.05) is 19.1 Å². The fraction of sp³-hybridized carbons (Fsp3) is 0.500. The SMILES string of the molecule is CCn1c(=O)c(=O)n(CC(=O)N2CCC(C)CC2)c2ccccc21. The Morgan fingerprint density at radius 2 is 1.58 bits per heavy atom. The van der Waals surface area contributed by atoms with E-state index < -0.39 is 11.1 Å². The molecular weight excluding hydrogens is 306 g/mol. The Hall–Kier alpha value is -2.37. The standard InChI is InChI=1S/C18H23N3O3/c1-3-20-14-6-4-5-7-15(14)21(18(24)17(20)23)12-16(22)19-10-8-13(2)9-11-19/h4-7,13H,3,8-12H2,1-2H3. The largest absolute Gasteiger partial charge is 0.341 e. The van der Waals surface area contributed by atoms with Crippen LogP contribution < -0.4 is 11.1 Å². The number of para-hydroxylation sites is 2. The van der Waals surface area contributed by atoms with E-state index in [4.69, 9.17) is 0 Å². The summed E-state index contributed by atoms with van der Waals surface area (Å²) in [6.45, 7) is 5.81. The highest BCUT2D eigenvalue weighted by Crippen LogP contribution is 2.17. The van der Waals surface area contributed by atoms with Crippen LogP contribution in [-0.2, 0) is 17.9 Å². The van der Waals surface area contributed by atoms with Crippen molar-refractivity contribution in [3.05, 3.63) is 45.0 Å². The number of aromatic nitrogens is 2. The summed E-state index contributed by atoms with van der Waals surface area (Å²) in [5.41, 5.74) is 0.109. The maximum absolute atomic E-state index is 12.6. The lowest BCUT2D eigenvalue weighted by molar-refractivity contribution is -0.133. The van der Waals surface area contributed by atoms with Crippen LogP contribution in [0.15, 0.2) is 33.9 Å². The lowest BCUT2D eigenvalue weighted by Crippen LogP contribution is -2.45. The first-order valence-corrected chi connectivity index (χ1v) is 8.53. The molecule has 1 saturated heterocycles. The molecule has 6 nitrogen and oxygen atoms in total. The summed E-state index contributed by atoms with van der Waals surface area (Å²) in [6, 6.07) is 7.24. The third-order valence-corrected chi connectivity index (χ3v) is 4.88. The van der Waals surface area contributed by atoms with E-state index in [1.165, 1.54) is 9.13 Å². The van der Waals surface area contributed by atoms with E-state index in [2.05, 4.69) is 6.92 Å². The molecule has 6 heteroatoms. The minimum absolute atomic E-state index is 0.0759. The first-order valence-electron chi connectivity index (χ1n) is 8.53. The van der Waals surface area contributed by atoms with Crippen molar-refractivity contribution in [2.45, 2.75) is 39.8 Å². The van der Waals surface area contributed by atoms with Gasteiger partial charge in [0.1, 0.15) is 6.54 Å². The second-order valence-corrected chi connectivity index (χ2v) is 6.49. The average molecular weight is 329 g/mol. The fourth-order valence-corrected chi connectivity index (χ4v) is 3.33. The highest BCUT2D eigenvalue weighted by Gasteiger charge is 2.22. The van der Waals surface area contributed by atoms with Gasteiger partial charge in [0.15, 0.2) is 0 Å². The summed E-state index contributed by atoms with van der Waals surface area (Å²) in [5, 5.41) is 0. The molecule has 1 aromatic carbocycles. The van der Waals surface area contributed by atoms with E-state index in [0.29, 0.717) is 23.5 Å². The minimum Gasteiger partial charge on any atom is -0.341 e. The van der Waals surface area contributed by atoms with Gasteiger partial charge in [0.2, 0.25) is 5.91 Å². The molecule has 0 atom stereocenters. The van der Waals surface area contributed by atoms with Gasteiger partial charge >= 0.3 is 11.1 Å². The number of amides is 1. The number of likely N-dealkylation sites (tertiary alicyclic amines) is 1. The first-order chi connectivity index (χ1) is 11.5. The smallest absolute Gasteiger partial charge is 0.317 e. The summed E-state index contributed by atoms with van der Waals surface area (Å²) >= 11 is 0. The third-order valence-electron chi connectivity index (χ3n) is 4.88. The van der Waals surface area contributed by atoms with Crippen LogP contribution >= 0.6 is 0 Å². The molecule has 0 spiro atoms. The van der Waals surface area contributed by atoms with Gasteiger partial charge in [-0.25, -0.2) is 0 Å². The van der Waals surface area contributed by atoms with Crippen molar-refractivity contribution < 1.29 is 4.79 Å². The van der Waals surface area contributed by atoms with Gasteiger partial charge in [-0.15, -0.1) is 0 Å². The molecule has 2 aromatic rings. The molecule has 0 radical (unpaired) electrons. The quantitative estimate of drug-likeness (QED) is 0.801. The predicted molar refractivity (Wildman–Crippen MR) is 93.1 cm³/mol. The van der Waals surface area contributed by atoms with Crippen LogP contribution in [-0.4, -0.2) is 33.0 Å². The predicted octanol–water partition coefficient (Wildman–Crippen LogP) is 1.44. The first kappa shape index (κ1) is 16.5. The van der Waals surface area contributed by atoms with Gasteiger partial charge in [-0.05, 0) is 37.8 Å². The van der Waals surface area contributed by atoms with E-state index in [1.807, 2.05) is 25.1 Å². The lowest BCUT2D eigenvalue weighted by Gasteiger charge is -2.30. The highest BCUT2D eigenvalue weighted by molar-refractivity contribution is 5.80. The van der Waals surface area contributed by atoms with E-state index in [1.54, 1.807) is 11.0 Å². The number of aryl methyl sites for hydroxylation is 1. The Labute approximate surface area is 140 Å². The molecular formula is C18H23N3O3. The molecule has 0 bridgehead atoms. The van der Waals surface area contributed by atoms with Crippen LogP contribution in [0.4, 0.5) is 0 Å². The van der Waals surface area contributed by atoms with Crippen molar-refractivity contribution in [2.24, 2.45) is 5.92 Å². The molecule has 1 aromatic heterocycles. The van der Waals surface area contributed by atoms with Crippen LogP contribution in [0.2, 0.25) is 0 Å². The number of piperidine rings is 1. The maximum Gasteiger partial charge on any atom is 0.317 e. The van der Waals surface area contributed by atoms with Crippen LogP contribution in [0.1, 0.15) is 26.7 Å².